The number of thiophene rings is 2. The first-order valence-electron chi connectivity index (χ1n) is 18.7. The van der Waals surface area contributed by atoms with Crippen LogP contribution in [-0.4, -0.2) is 12.2 Å². The van der Waals surface area contributed by atoms with Crippen LogP contribution in [0.15, 0.2) is 132 Å². The van der Waals surface area contributed by atoms with E-state index in [1.165, 1.54) is 12.1 Å². The van der Waals surface area contributed by atoms with E-state index in [0.717, 1.165) is 44.6 Å². The van der Waals surface area contributed by atoms with Crippen LogP contribution in [0.1, 0.15) is 72.5 Å². The maximum Gasteiger partial charge on any atom is 0.417 e. The minimum atomic E-state index is -4.53. The predicted octanol–water partition coefficient (Wildman–Crippen LogP) is 14.7. The topological polar surface area (TPSA) is 27.7 Å². The van der Waals surface area contributed by atoms with Crippen molar-refractivity contribution in [3.8, 4) is 23.0 Å². The van der Waals surface area contributed by atoms with Gasteiger partial charge in [0, 0.05) is 31.3 Å². The van der Waals surface area contributed by atoms with E-state index in [0.29, 0.717) is 45.6 Å². The standard InChI is InChI=1S/C46H44F6O3S2/c1-5-43(3,41-27-33(29-56-41)45(47,48)49)39(25-31-15-13-21-37(23-31)53-35-17-9-7-10-18-35)55-40(44(4,6-2)42-28-34(30-57-42)46(50,51)52)26-32-16-14-22-38(24-32)54-36-19-11-8-12-20-36/h7-24,27-30,39-40H,5-6,25-26H2,1-4H3. The molecular weight excluding hydrogens is 779 g/mol. The van der Waals surface area contributed by atoms with Crippen molar-refractivity contribution in [3.05, 3.63) is 164 Å². The summed E-state index contributed by atoms with van der Waals surface area (Å²) in [5, 5.41) is 2.26. The summed E-state index contributed by atoms with van der Waals surface area (Å²) < 4.78 is 104. The Bertz CT molecular complexity index is 2040. The zero-order valence-electron chi connectivity index (χ0n) is 32.0. The molecule has 4 unspecified atom stereocenters. The first-order valence-corrected chi connectivity index (χ1v) is 20.5. The Labute approximate surface area is 337 Å². The predicted molar refractivity (Wildman–Crippen MR) is 216 cm³/mol. The lowest BCUT2D eigenvalue weighted by atomic mass is 9.74. The lowest BCUT2D eigenvalue weighted by Gasteiger charge is -2.44. The molecule has 2 heterocycles. The van der Waals surface area contributed by atoms with Gasteiger partial charge in [-0.15, -0.1) is 22.7 Å². The van der Waals surface area contributed by atoms with Crippen LogP contribution < -0.4 is 9.47 Å². The van der Waals surface area contributed by atoms with Gasteiger partial charge in [-0.25, -0.2) is 0 Å². The normalized spacial score (nSPS) is 15.3. The van der Waals surface area contributed by atoms with Crippen molar-refractivity contribution in [3.63, 3.8) is 0 Å². The van der Waals surface area contributed by atoms with Gasteiger partial charge in [-0.05, 0) is 97.5 Å². The number of alkyl halides is 6. The minimum Gasteiger partial charge on any atom is -0.457 e. The Balaban J connectivity index is 1.45. The van der Waals surface area contributed by atoms with Crippen LogP contribution in [0, 0.1) is 0 Å². The second kappa shape index (κ2) is 17.5. The van der Waals surface area contributed by atoms with Crippen molar-refractivity contribution in [1.29, 1.82) is 0 Å². The van der Waals surface area contributed by atoms with Crippen LogP contribution in [0.3, 0.4) is 0 Å². The van der Waals surface area contributed by atoms with E-state index in [1.54, 1.807) is 0 Å². The maximum atomic E-state index is 14.0. The molecule has 0 amide bonds. The Kier molecular flexibility index (Phi) is 12.9. The lowest BCUT2D eigenvalue weighted by Crippen LogP contribution is -2.48. The highest BCUT2D eigenvalue weighted by Gasteiger charge is 2.45. The second-order valence-corrected chi connectivity index (χ2v) is 16.4. The van der Waals surface area contributed by atoms with Crippen molar-refractivity contribution in [2.45, 2.75) is 88.8 Å². The Morgan fingerprint density at radius 3 is 1.19 bits per heavy atom. The fourth-order valence-corrected chi connectivity index (χ4v) is 9.28. The molecular formula is C46H44F6O3S2. The monoisotopic (exact) mass is 822 g/mol. The molecule has 2 aromatic heterocycles. The number of halogens is 6. The maximum absolute atomic E-state index is 14.0. The zero-order valence-corrected chi connectivity index (χ0v) is 33.6. The second-order valence-electron chi connectivity index (χ2n) is 14.6. The highest BCUT2D eigenvalue weighted by Crippen LogP contribution is 2.47. The molecule has 0 bridgehead atoms. The highest BCUT2D eigenvalue weighted by molar-refractivity contribution is 7.10. The van der Waals surface area contributed by atoms with Crippen molar-refractivity contribution < 1.29 is 40.6 Å². The summed E-state index contributed by atoms with van der Waals surface area (Å²) >= 11 is 2.07. The van der Waals surface area contributed by atoms with Crippen LogP contribution >= 0.6 is 22.7 Å². The van der Waals surface area contributed by atoms with E-state index in [1.807, 2.05) is 137 Å². The summed E-state index contributed by atoms with van der Waals surface area (Å²) in [7, 11) is 0. The summed E-state index contributed by atoms with van der Waals surface area (Å²) in [4.78, 5) is 1.01. The lowest BCUT2D eigenvalue weighted by molar-refractivity contribution is -0.138. The zero-order chi connectivity index (χ0) is 40.8. The summed E-state index contributed by atoms with van der Waals surface area (Å²) in [6.07, 6.45) is -9.12. The fraction of sp³-hybridized carbons (Fsp3) is 0.304. The van der Waals surface area contributed by atoms with Crippen LogP contribution in [0.2, 0.25) is 0 Å². The van der Waals surface area contributed by atoms with Gasteiger partial charge in [0.15, 0.2) is 0 Å². The molecule has 6 aromatic rings. The molecule has 0 fully saturated rings. The largest absolute Gasteiger partial charge is 0.457 e. The smallest absolute Gasteiger partial charge is 0.417 e. The average Bonchev–Trinajstić information content (AvgIpc) is 3.91. The summed E-state index contributed by atoms with van der Waals surface area (Å²) in [5.74, 6) is 2.44. The van der Waals surface area contributed by atoms with E-state index in [-0.39, 0.29) is 12.8 Å². The average molecular weight is 823 g/mol. The van der Waals surface area contributed by atoms with E-state index >= 15 is 0 Å². The van der Waals surface area contributed by atoms with Crippen molar-refractivity contribution >= 4 is 22.7 Å². The molecule has 4 aromatic carbocycles. The highest BCUT2D eigenvalue weighted by atomic mass is 32.1. The summed E-state index contributed by atoms with van der Waals surface area (Å²) in [6, 6.07) is 36.0. The molecule has 300 valence electrons. The van der Waals surface area contributed by atoms with Gasteiger partial charge in [0.1, 0.15) is 23.0 Å². The first kappa shape index (κ1) is 42.0. The van der Waals surface area contributed by atoms with Gasteiger partial charge >= 0.3 is 12.4 Å². The van der Waals surface area contributed by atoms with Crippen molar-refractivity contribution in [1.82, 2.24) is 0 Å². The molecule has 0 saturated heterocycles. The molecule has 0 radical (unpaired) electrons. The van der Waals surface area contributed by atoms with Gasteiger partial charge in [-0.1, -0.05) is 88.4 Å². The molecule has 0 aliphatic heterocycles. The number of para-hydroxylation sites is 2. The Hall–Kier alpha value is -4.58. The molecule has 3 nitrogen and oxygen atoms in total. The van der Waals surface area contributed by atoms with Gasteiger partial charge in [-0.3, -0.25) is 0 Å². The first-order chi connectivity index (χ1) is 27.1. The van der Waals surface area contributed by atoms with Gasteiger partial charge < -0.3 is 14.2 Å². The minimum absolute atomic E-state index is 0.279. The van der Waals surface area contributed by atoms with Crippen molar-refractivity contribution in [2.24, 2.45) is 0 Å². The molecule has 0 spiro atoms. The van der Waals surface area contributed by atoms with Crippen molar-refractivity contribution in [2.75, 3.05) is 0 Å². The molecule has 4 atom stereocenters. The summed E-state index contributed by atoms with van der Waals surface area (Å²) in [6.45, 7) is 7.67. The third kappa shape index (κ3) is 10.1. The number of ether oxygens (including phenoxy) is 3. The third-order valence-corrected chi connectivity index (χ3v) is 13.2. The third-order valence-electron chi connectivity index (χ3n) is 10.8. The Morgan fingerprint density at radius 1 is 0.491 bits per heavy atom. The molecule has 0 saturated carbocycles. The Morgan fingerprint density at radius 2 is 0.860 bits per heavy atom. The quantitative estimate of drug-likeness (QED) is 0.0910. The molecule has 0 N–H and O–H groups in total. The van der Waals surface area contributed by atoms with Gasteiger partial charge in [0.2, 0.25) is 0 Å². The fourth-order valence-electron chi connectivity index (χ4n) is 6.88. The number of hydrogen-bond donors (Lipinski definition) is 0. The number of benzene rings is 4. The number of rotatable bonds is 16. The van der Waals surface area contributed by atoms with E-state index in [2.05, 4.69) is 0 Å². The van der Waals surface area contributed by atoms with Crippen LogP contribution in [0.25, 0.3) is 0 Å². The van der Waals surface area contributed by atoms with Crippen LogP contribution in [-0.2, 0) is 40.8 Å². The van der Waals surface area contributed by atoms with Crippen LogP contribution in [0.4, 0.5) is 26.3 Å². The summed E-state index contributed by atoms with van der Waals surface area (Å²) in [5.41, 5.74) is -1.70. The molecule has 0 aliphatic carbocycles. The molecule has 57 heavy (non-hydrogen) atoms. The van der Waals surface area contributed by atoms with E-state index in [9.17, 15) is 26.3 Å². The molecule has 6 rings (SSSR count). The molecule has 0 aliphatic rings. The van der Waals surface area contributed by atoms with E-state index in [4.69, 9.17) is 14.2 Å². The molecule has 11 heteroatoms. The SMILES string of the molecule is CCC(C)(c1cc(C(F)(F)F)cs1)C(Cc1cccc(Oc2ccccc2)c1)OC(Cc1cccc(Oc2ccccc2)c1)C(C)(CC)c1cc(C(F)(F)F)cs1. The van der Waals surface area contributed by atoms with E-state index < -0.39 is 46.5 Å². The van der Waals surface area contributed by atoms with Gasteiger partial charge in [-0.2, -0.15) is 26.3 Å². The van der Waals surface area contributed by atoms with Gasteiger partial charge in [0.05, 0.1) is 23.3 Å². The van der Waals surface area contributed by atoms with Gasteiger partial charge in [0.25, 0.3) is 0 Å². The number of hydrogen-bond acceptors (Lipinski definition) is 5. The van der Waals surface area contributed by atoms with Crippen LogP contribution in [0.5, 0.6) is 23.0 Å².